The molecule has 0 unspecified atom stereocenters. The van der Waals surface area contributed by atoms with Gasteiger partial charge in [0.15, 0.2) is 0 Å². The fraction of sp³-hybridized carbons (Fsp3) is 0.455. The van der Waals surface area contributed by atoms with Crippen LogP contribution in [-0.4, -0.2) is 20.5 Å². The molecule has 1 aromatic rings. The summed E-state index contributed by atoms with van der Waals surface area (Å²) in [6, 6.07) is 4.50. The van der Waals surface area contributed by atoms with Crippen LogP contribution in [0.3, 0.4) is 0 Å². The van der Waals surface area contributed by atoms with Gasteiger partial charge in [0.25, 0.3) is 0 Å². The second-order valence-corrected chi connectivity index (χ2v) is 7.11. The number of hydrogen-bond donors (Lipinski definition) is 2. The number of sulfonamides is 1. The van der Waals surface area contributed by atoms with Crippen LogP contribution in [0.5, 0.6) is 0 Å². The third-order valence-electron chi connectivity index (χ3n) is 3.17. The van der Waals surface area contributed by atoms with Gasteiger partial charge in [0.05, 0.1) is 10.0 Å². The highest BCUT2D eigenvalue weighted by molar-refractivity contribution is 7.89. The summed E-state index contributed by atoms with van der Waals surface area (Å²) in [5, 5.41) is 0.247. The minimum absolute atomic E-state index is 0. The van der Waals surface area contributed by atoms with E-state index in [1.165, 1.54) is 6.07 Å². The topological polar surface area (TPSA) is 72.2 Å². The number of nitrogens with one attached hydrogen (secondary N) is 1. The maximum absolute atomic E-state index is 12.1. The summed E-state index contributed by atoms with van der Waals surface area (Å²) < 4.78 is 26.7. The summed E-state index contributed by atoms with van der Waals surface area (Å²) >= 11 is 11.7. The Labute approximate surface area is 129 Å². The molecule has 1 fully saturated rings. The Morgan fingerprint density at radius 2 is 1.95 bits per heavy atom. The van der Waals surface area contributed by atoms with Gasteiger partial charge in [-0.25, -0.2) is 13.1 Å². The standard InChI is InChI=1S/C11H14Cl2N2O2S.ClH/c12-8-3-1-4-9(10(8)13)18(16,17)15-7-11(14)5-2-6-11;/h1,3-4,15H,2,5-7,14H2;1H. The van der Waals surface area contributed by atoms with Crippen LogP contribution in [0.2, 0.25) is 10.0 Å². The predicted octanol–water partition coefficient (Wildman–Crippen LogP) is 2.57. The van der Waals surface area contributed by atoms with Crippen LogP contribution >= 0.6 is 35.6 Å². The summed E-state index contributed by atoms with van der Waals surface area (Å²) in [7, 11) is -3.67. The molecule has 108 valence electrons. The molecule has 0 spiro atoms. The summed E-state index contributed by atoms with van der Waals surface area (Å²) in [4.78, 5) is -0.0143. The quantitative estimate of drug-likeness (QED) is 0.881. The van der Waals surface area contributed by atoms with Crippen LogP contribution in [0, 0.1) is 0 Å². The van der Waals surface area contributed by atoms with E-state index in [1.54, 1.807) is 12.1 Å². The Morgan fingerprint density at radius 3 is 2.47 bits per heavy atom. The van der Waals surface area contributed by atoms with E-state index in [2.05, 4.69) is 4.72 Å². The van der Waals surface area contributed by atoms with Crippen LogP contribution in [0.15, 0.2) is 23.1 Å². The van der Waals surface area contributed by atoms with Crippen LogP contribution in [0.4, 0.5) is 0 Å². The first-order chi connectivity index (χ1) is 8.34. The van der Waals surface area contributed by atoms with Crippen molar-refractivity contribution in [1.29, 1.82) is 0 Å². The lowest BCUT2D eigenvalue weighted by Gasteiger charge is -2.38. The van der Waals surface area contributed by atoms with E-state index in [4.69, 9.17) is 28.9 Å². The highest BCUT2D eigenvalue weighted by Gasteiger charge is 2.34. The normalized spacial score (nSPS) is 17.4. The fourth-order valence-corrected chi connectivity index (χ4v) is 3.71. The van der Waals surface area contributed by atoms with Crippen molar-refractivity contribution in [3.8, 4) is 0 Å². The molecule has 0 saturated heterocycles. The number of benzene rings is 1. The molecule has 0 heterocycles. The predicted molar refractivity (Wildman–Crippen MR) is 79.7 cm³/mol. The lowest BCUT2D eigenvalue weighted by Crippen LogP contribution is -2.54. The maximum atomic E-state index is 12.1. The molecule has 1 aromatic carbocycles. The van der Waals surface area contributed by atoms with Gasteiger partial charge in [-0.2, -0.15) is 0 Å². The third kappa shape index (κ3) is 3.74. The molecule has 0 radical (unpaired) electrons. The zero-order valence-corrected chi connectivity index (χ0v) is 13.2. The molecule has 0 bridgehead atoms. The third-order valence-corrected chi connectivity index (χ3v) is 5.54. The Morgan fingerprint density at radius 1 is 1.32 bits per heavy atom. The molecule has 4 nitrogen and oxygen atoms in total. The number of nitrogens with two attached hydrogens (primary N) is 1. The van der Waals surface area contributed by atoms with Crippen LogP contribution in [0.25, 0.3) is 0 Å². The lowest BCUT2D eigenvalue weighted by molar-refractivity contribution is 0.251. The summed E-state index contributed by atoms with van der Waals surface area (Å²) in [5.74, 6) is 0. The minimum Gasteiger partial charge on any atom is -0.324 e. The van der Waals surface area contributed by atoms with Gasteiger partial charge in [0, 0.05) is 12.1 Å². The second-order valence-electron chi connectivity index (χ2n) is 4.59. The summed E-state index contributed by atoms with van der Waals surface area (Å²) in [6.07, 6.45) is 2.70. The Balaban J connectivity index is 0.00000180. The molecule has 3 N–H and O–H groups in total. The molecule has 0 amide bonds. The Bertz CT molecular complexity index is 559. The van der Waals surface area contributed by atoms with Crippen LogP contribution < -0.4 is 10.5 Å². The van der Waals surface area contributed by atoms with Crippen LogP contribution in [0.1, 0.15) is 19.3 Å². The van der Waals surface area contributed by atoms with Gasteiger partial charge in [-0.1, -0.05) is 29.3 Å². The molecule has 2 rings (SSSR count). The van der Waals surface area contributed by atoms with Gasteiger partial charge in [-0.15, -0.1) is 12.4 Å². The molecule has 0 aromatic heterocycles. The van der Waals surface area contributed by atoms with E-state index in [0.717, 1.165) is 19.3 Å². The van der Waals surface area contributed by atoms with Crippen molar-refractivity contribution in [2.45, 2.75) is 29.7 Å². The Hall–Kier alpha value is -0.0400. The molecule has 0 aliphatic heterocycles. The number of halogens is 3. The molecule has 8 heteroatoms. The molecule has 19 heavy (non-hydrogen) atoms. The van der Waals surface area contributed by atoms with E-state index in [-0.39, 0.29) is 33.9 Å². The zero-order chi connectivity index (χ0) is 13.4. The highest BCUT2D eigenvalue weighted by atomic mass is 35.5. The molecule has 1 aliphatic rings. The van der Waals surface area contributed by atoms with Crippen molar-refractivity contribution in [2.24, 2.45) is 5.73 Å². The van der Waals surface area contributed by atoms with Crippen molar-refractivity contribution < 1.29 is 8.42 Å². The van der Waals surface area contributed by atoms with Gasteiger partial charge >= 0.3 is 0 Å². The highest BCUT2D eigenvalue weighted by Crippen LogP contribution is 2.31. The first kappa shape index (κ1) is 17.0. The minimum atomic E-state index is -3.67. The smallest absolute Gasteiger partial charge is 0.242 e. The Kier molecular flexibility index (Phi) is 5.52. The van der Waals surface area contributed by atoms with E-state index in [9.17, 15) is 8.42 Å². The van der Waals surface area contributed by atoms with E-state index >= 15 is 0 Å². The molecular formula is C11H15Cl3N2O2S. The molecule has 1 aliphatic carbocycles. The van der Waals surface area contributed by atoms with E-state index < -0.39 is 15.6 Å². The van der Waals surface area contributed by atoms with Crippen molar-refractivity contribution in [3.05, 3.63) is 28.2 Å². The van der Waals surface area contributed by atoms with Crippen molar-refractivity contribution >= 4 is 45.6 Å². The van der Waals surface area contributed by atoms with Crippen molar-refractivity contribution in [3.63, 3.8) is 0 Å². The van der Waals surface area contributed by atoms with Crippen LogP contribution in [-0.2, 0) is 10.0 Å². The SMILES string of the molecule is Cl.NC1(CNS(=O)(=O)c2cccc(Cl)c2Cl)CCC1. The average molecular weight is 346 g/mol. The fourth-order valence-electron chi connectivity index (χ4n) is 1.82. The summed E-state index contributed by atoms with van der Waals surface area (Å²) in [5.41, 5.74) is 5.55. The monoisotopic (exact) mass is 344 g/mol. The van der Waals surface area contributed by atoms with Gasteiger partial charge in [-0.05, 0) is 31.4 Å². The first-order valence-corrected chi connectivity index (χ1v) is 7.81. The average Bonchev–Trinajstić information content (AvgIpc) is 2.27. The van der Waals surface area contributed by atoms with Crippen molar-refractivity contribution in [1.82, 2.24) is 4.72 Å². The second kappa shape index (κ2) is 6.16. The van der Waals surface area contributed by atoms with Gasteiger partial charge in [0.2, 0.25) is 10.0 Å². The maximum Gasteiger partial charge on any atom is 0.242 e. The summed E-state index contributed by atoms with van der Waals surface area (Å²) in [6.45, 7) is 0.220. The molecular weight excluding hydrogens is 331 g/mol. The largest absolute Gasteiger partial charge is 0.324 e. The van der Waals surface area contributed by atoms with E-state index in [1.807, 2.05) is 0 Å². The van der Waals surface area contributed by atoms with E-state index in [0.29, 0.717) is 0 Å². The lowest BCUT2D eigenvalue weighted by atomic mass is 9.78. The van der Waals surface area contributed by atoms with Crippen molar-refractivity contribution in [2.75, 3.05) is 6.54 Å². The molecule has 1 saturated carbocycles. The van der Waals surface area contributed by atoms with Gasteiger partial charge < -0.3 is 5.73 Å². The zero-order valence-electron chi connectivity index (χ0n) is 10.0. The number of rotatable bonds is 4. The first-order valence-electron chi connectivity index (χ1n) is 5.57. The van der Waals surface area contributed by atoms with Gasteiger partial charge in [0.1, 0.15) is 4.90 Å². The van der Waals surface area contributed by atoms with Gasteiger partial charge in [-0.3, -0.25) is 0 Å². The molecule has 0 atom stereocenters. The number of hydrogen-bond acceptors (Lipinski definition) is 3.